The van der Waals surface area contributed by atoms with Crippen LogP contribution in [0.15, 0.2) is 70.9 Å². The summed E-state index contributed by atoms with van der Waals surface area (Å²) in [5, 5.41) is 8.09. The first kappa shape index (κ1) is 23.1. The molecule has 8 heteroatoms. The highest BCUT2D eigenvalue weighted by Crippen LogP contribution is 2.26. The van der Waals surface area contributed by atoms with E-state index in [2.05, 4.69) is 21.5 Å². The summed E-state index contributed by atoms with van der Waals surface area (Å²) in [7, 11) is 0. The van der Waals surface area contributed by atoms with Crippen molar-refractivity contribution in [3.05, 3.63) is 66.2 Å². The lowest BCUT2D eigenvalue weighted by atomic mass is 10.1. The van der Waals surface area contributed by atoms with Gasteiger partial charge in [-0.05, 0) is 74.6 Å². The number of aryl methyl sites for hydroxylation is 1. The Morgan fingerprint density at radius 2 is 1.50 bits per heavy atom. The van der Waals surface area contributed by atoms with E-state index in [1.54, 1.807) is 6.92 Å². The second-order valence-corrected chi connectivity index (χ2v) is 6.64. The van der Waals surface area contributed by atoms with E-state index in [0.717, 1.165) is 31.2 Å². The lowest BCUT2D eigenvalue weighted by Gasteiger charge is -2.08. The number of esters is 1. The minimum absolute atomic E-state index is 0.306. The van der Waals surface area contributed by atoms with Gasteiger partial charge in [0, 0.05) is 5.57 Å². The number of hydrogen-bond acceptors (Lipinski definition) is 5. The maximum absolute atomic E-state index is 12.1. The normalized spacial score (nSPS) is 11.5. The monoisotopic (exact) mass is 420 g/mol. The highest BCUT2D eigenvalue weighted by Gasteiger charge is 2.30. The second-order valence-electron chi connectivity index (χ2n) is 6.64. The fraction of sp³-hybridized carbons (Fsp3) is 0.318. The number of unbranched alkanes of at least 4 members (excludes halogenated alkanes) is 2. The van der Waals surface area contributed by atoms with E-state index >= 15 is 0 Å². The minimum atomic E-state index is -4.72. The molecule has 0 atom stereocenters. The molecule has 160 valence electrons. The minimum Gasteiger partial charge on any atom is -0.462 e. The van der Waals surface area contributed by atoms with Crippen LogP contribution in [0.3, 0.4) is 0 Å². The van der Waals surface area contributed by atoms with Gasteiger partial charge in [0.1, 0.15) is 5.75 Å². The van der Waals surface area contributed by atoms with Crippen molar-refractivity contribution in [1.29, 1.82) is 0 Å². The fourth-order valence-corrected chi connectivity index (χ4v) is 2.46. The molecule has 0 N–H and O–H groups in total. The molecule has 0 aliphatic heterocycles. The summed E-state index contributed by atoms with van der Waals surface area (Å²) in [6, 6.07) is 12.7. The molecule has 0 aromatic heterocycles. The van der Waals surface area contributed by atoms with Crippen molar-refractivity contribution in [3.63, 3.8) is 0 Å². The first-order valence-corrected chi connectivity index (χ1v) is 9.42. The van der Waals surface area contributed by atoms with Crippen LogP contribution in [0.1, 0.15) is 31.7 Å². The Morgan fingerprint density at radius 1 is 0.933 bits per heavy atom. The van der Waals surface area contributed by atoms with Crippen molar-refractivity contribution in [2.45, 2.75) is 39.0 Å². The number of nitrogens with zero attached hydrogens (tertiary/aromatic N) is 2. The van der Waals surface area contributed by atoms with Crippen LogP contribution in [0.4, 0.5) is 24.5 Å². The predicted octanol–water partition coefficient (Wildman–Crippen LogP) is 6.83. The molecule has 0 aliphatic carbocycles. The highest BCUT2D eigenvalue weighted by atomic mass is 19.4. The number of hydrogen-bond donors (Lipinski definition) is 0. The summed E-state index contributed by atoms with van der Waals surface area (Å²) in [5.74, 6) is -0.662. The highest BCUT2D eigenvalue weighted by molar-refractivity contribution is 5.86. The van der Waals surface area contributed by atoms with Crippen molar-refractivity contribution in [1.82, 2.24) is 0 Å². The molecule has 0 radical (unpaired) electrons. The van der Waals surface area contributed by atoms with E-state index in [9.17, 15) is 18.0 Å². The zero-order valence-corrected chi connectivity index (χ0v) is 16.6. The second kappa shape index (κ2) is 11.1. The number of azo groups is 1. The molecule has 0 amide bonds. The lowest BCUT2D eigenvalue weighted by molar-refractivity contribution is -0.274. The maximum Gasteiger partial charge on any atom is 0.573 e. The van der Waals surface area contributed by atoms with Gasteiger partial charge < -0.3 is 9.47 Å². The smallest absolute Gasteiger partial charge is 0.462 e. The quantitative estimate of drug-likeness (QED) is 0.183. The summed E-state index contributed by atoms with van der Waals surface area (Å²) in [4.78, 5) is 11.3. The number of carbonyl (C=O) groups is 1. The molecule has 0 fully saturated rings. The standard InChI is InChI=1S/C22H23F3N2O3/c1-16(2)21(28)29-15-5-3-4-6-17-7-9-18(10-8-17)26-27-19-11-13-20(14-12-19)30-22(23,24)25/h7-14H,1,3-6,15H2,2H3. The third kappa shape index (κ3) is 8.89. The third-order valence-corrected chi connectivity index (χ3v) is 3.98. The van der Waals surface area contributed by atoms with Gasteiger partial charge in [0.25, 0.3) is 0 Å². The molecule has 2 aromatic rings. The van der Waals surface area contributed by atoms with Gasteiger partial charge in [-0.15, -0.1) is 13.2 Å². The van der Waals surface area contributed by atoms with Crippen LogP contribution in [0, 0.1) is 0 Å². The molecule has 30 heavy (non-hydrogen) atoms. The molecule has 2 rings (SSSR count). The van der Waals surface area contributed by atoms with E-state index in [1.807, 2.05) is 24.3 Å². The van der Waals surface area contributed by atoms with Gasteiger partial charge >= 0.3 is 12.3 Å². The van der Waals surface area contributed by atoms with Gasteiger partial charge in [0.2, 0.25) is 0 Å². The van der Waals surface area contributed by atoms with Gasteiger partial charge in [0.15, 0.2) is 0 Å². The van der Waals surface area contributed by atoms with Gasteiger partial charge in [-0.1, -0.05) is 18.7 Å². The van der Waals surface area contributed by atoms with Crippen LogP contribution in [0.5, 0.6) is 5.75 Å². The molecule has 0 heterocycles. The lowest BCUT2D eigenvalue weighted by Crippen LogP contribution is -2.16. The Labute approximate surface area is 173 Å². The Morgan fingerprint density at radius 3 is 2.03 bits per heavy atom. The first-order valence-electron chi connectivity index (χ1n) is 9.42. The number of ether oxygens (including phenoxy) is 2. The molecular formula is C22H23F3N2O3. The van der Waals surface area contributed by atoms with Crippen molar-refractivity contribution >= 4 is 17.3 Å². The summed E-state index contributed by atoms with van der Waals surface area (Å²) < 4.78 is 45.3. The van der Waals surface area contributed by atoms with Crippen LogP contribution < -0.4 is 4.74 Å². The molecular weight excluding hydrogens is 397 g/mol. The van der Waals surface area contributed by atoms with Crippen LogP contribution in [-0.4, -0.2) is 18.9 Å². The Kier molecular flexibility index (Phi) is 8.58. The predicted molar refractivity (Wildman–Crippen MR) is 107 cm³/mol. The van der Waals surface area contributed by atoms with Gasteiger partial charge in [-0.3, -0.25) is 0 Å². The Balaban J connectivity index is 1.73. The van der Waals surface area contributed by atoms with E-state index < -0.39 is 6.36 Å². The Bertz CT molecular complexity index is 861. The van der Waals surface area contributed by atoms with Gasteiger partial charge in [0.05, 0.1) is 18.0 Å². The first-order chi connectivity index (χ1) is 14.2. The average Bonchev–Trinajstić information content (AvgIpc) is 2.69. The molecule has 0 saturated carbocycles. The van der Waals surface area contributed by atoms with Gasteiger partial charge in [-0.25, -0.2) is 4.79 Å². The molecule has 0 spiro atoms. The zero-order valence-electron chi connectivity index (χ0n) is 16.6. The SMILES string of the molecule is C=C(C)C(=O)OCCCCCc1ccc(N=Nc2ccc(OC(F)(F)F)cc2)cc1. The Hall–Kier alpha value is -3.16. The molecule has 0 aliphatic rings. The number of halogens is 3. The topological polar surface area (TPSA) is 60.2 Å². The molecule has 2 aromatic carbocycles. The van der Waals surface area contributed by atoms with E-state index in [1.165, 1.54) is 24.3 Å². The molecule has 5 nitrogen and oxygen atoms in total. The fourth-order valence-electron chi connectivity index (χ4n) is 2.46. The number of benzene rings is 2. The van der Waals surface area contributed by atoms with Crippen molar-refractivity contribution in [2.24, 2.45) is 10.2 Å². The van der Waals surface area contributed by atoms with Crippen molar-refractivity contribution < 1.29 is 27.4 Å². The number of alkyl halides is 3. The van der Waals surface area contributed by atoms with Crippen molar-refractivity contribution in [2.75, 3.05) is 6.61 Å². The third-order valence-electron chi connectivity index (χ3n) is 3.98. The summed E-state index contributed by atoms with van der Waals surface area (Å²) in [6.45, 7) is 5.55. The summed E-state index contributed by atoms with van der Waals surface area (Å²) in [6.07, 6.45) is -1.11. The zero-order chi connectivity index (χ0) is 22.0. The van der Waals surface area contributed by atoms with Crippen LogP contribution in [0.2, 0.25) is 0 Å². The van der Waals surface area contributed by atoms with Gasteiger partial charge in [-0.2, -0.15) is 10.2 Å². The summed E-state index contributed by atoms with van der Waals surface area (Å²) >= 11 is 0. The summed E-state index contributed by atoms with van der Waals surface area (Å²) in [5.41, 5.74) is 2.61. The van der Waals surface area contributed by atoms with Crippen molar-refractivity contribution in [3.8, 4) is 5.75 Å². The van der Waals surface area contributed by atoms with Crippen LogP contribution >= 0.6 is 0 Å². The molecule has 0 unspecified atom stereocenters. The maximum atomic E-state index is 12.1. The largest absolute Gasteiger partial charge is 0.573 e. The number of carbonyl (C=O) groups excluding carboxylic acids is 1. The van der Waals surface area contributed by atoms with E-state index in [4.69, 9.17) is 4.74 Å². The molecule has 0 bridgehead atoms. The number of rotatable bonds is 10. The average molecular weight is 420 g/mol. The van der Waals surface area contributed by atoms with E-state index in [-0.39, 0.29) is 11.7 Å². The molecule has 0 saturated heterocycles. The van der Waals surface area contributed by atoms with Crippen LogP contribution in [0.25, 0.3) is 0 Å². The van der Waals surface area contributed by atoms with E-state index in [0.29, 0.717) is 23.6 Å². The van der Waals surface area contributed by atoms with Crippen LogP contribution in [-0.2, 0) is 16.0 Å².